The molecular formula is C17H29FIN3OS2. The standard InChI is InChI=1S/C17H28FN3OS2.HI/c1-17(2,3)24(22)13-11-21-16(19-4)20-10-5-12-23-15-8-6-14(18)7-9-15;/h6-9H,5,10-13H2,1-4H3,(H2,19,20,21);1H. The molecule has 1 rings (SSSR count). The third-order valence-electron chi connectivity index (χ3n) is 3.18. The van der Waals surface area contributed by atoms with E-state index in [4.69, 9.17) is 0 Å². The van der Waals surface area contributed by atoms with Crippen LogP contribution in [-0.4, -0.2) is 46.6 Å². The van der Waals surface area contributed by atoms with E-state index in [0.29, 0.717) is 12.3 Å². The van der Waals surface area contributed by atoms with E-state index >= 15 is 0 Å². The smallest absolute Gasteiger partial charge is 0.191 e. The molecule has 0 aromatic heterocycles. The average Bonchev–Trinajstić information content (AvgIpc) is 2.53. The first-order valence-corrected chi connectivity index (χ1v) is 10.3. The SMILES string of the molecule is CN=C(NCCCSc1ccc(F)cc1)NCCS(=O)C(C)(C)C.I. The second-order valence-corrected chi connectivity index (χ2v) is 9.74. The van der Waals surface area contributed by atoms with Gasteiger partial charge in [0.25, 0.3) is 0 Å². The lowest BCUT2D eigenvalue weighted by molar-refractivity contribution is 0.626. The van der Waals surface area contributed by atoms with E-state index < -0.39 is 10.8 Å². The molecular weight excluding hydrogens is 472 g/mol. The second-order valence-electron chi connectivity index (χ2n) is 6.24. The van der Waals surface area contributed by atoms with Crippen molar-refractivity contribution in [2.24, 2.45) is 4.99 Å². The van der Waals surface area contributed by atoms with Gasteiger partial charge in [0.1, 0.15) is 5.82 Å². The van der Waals surface area contributed by atoms with E-state index in [1.54, 1.807) is 30.9 Å². The number of halogens is 2. The molecule has 8 heteroatoms. The van der Waals surface area contributed by atoms with Crippen molar-refractivity contribution >= 4 is 52.5 Å². The number of hydrogen-bond acceptors (Lipinski definition) is 3. The molecule has 0 aliphatic heterocycles. The number of nitrogens with zero attached hydrogens (tertiary/aromatic N) is 1. The molecule has 2 N–H and O–H groups in total. The van der Waals surface area contributed by atoms with Gasteiger partial charge in [0, 0.05) is 46.3 Å². The highest BCUT2D eigenvalue weighted by molar-refractivity contribution is 14.0. The van der Waals surface area contributed by atoms with E-state index in [2.05, 4.69) is 15.6 Å². The predicted molar refractivity (Wildman–Crippen MR) is 119 cm³/mol. The van der Waals surface area contributed by atoms with E-state index in [9.17, 15) is 8.60 Å². The van der Waals surface area contributed by atoms with Gasteiger partial charge in [-0.2, -0.15) is 0 Å². The Kier molecular flexibility index (Phi) is 12.7. The predicted octanol–water partition coefficient (Wildman–Crippen LogP) is 3.64. The van der Waals surface area contributed by atoms with Gasteiger partial charge in [0.2, 0.25) is 0 Å². The Labute approximate surface area is 174 Å². The van der Waals surface area contributed by atoms with Gasteiger partial charge in [0.15, 0.2) is 5.96 Å². The summed E-state index contributed by atoms with van der Waals surface area (Å²) in [6.07, 6.45) is 0.969. The fraction of sp³-hybridized carbons (Fsp3) is 0.588. The molecule has 0 saturated heterocycles. The van der Waals surface area contributed by atoms with Crippen LogP contribution in [0.1, 0.15) is 27.2 Å². The highest BCUT2D eigenvalue weighted by Crippen LogP contribution is 2.18. The zero-order chi connectivity index (χ0) is 18.0. The number of benzene rings is 1. The Bertz CT molecular complexity index is 548. The van der Waals surface area contributed by atoms with Crippen molar-refractivity contribution in [2.45, 2.75) is 36.8 Å². The first-order chi connectivity index (χ1) is 11.3. The summed E-state index contributed by atoms with van der Waals surface area (Å²) in [6.45, 7) is 7.38. The third kappa shape index (κ3) is 11.1. The minimum atomic E-state index is -0.863. The zero-order valence-corrected chi connectivity index (χ0v) is 19.3. The van der Waals surface area contributed by atoms with E-state index in [-0.39, 0.29) is 34.5 Å². The highest BCUT2D eigenvalue weighted by Gasteiger charge is 2.18. The maximum atomic E-state index is 12.8. The van der Waals surface area contributed by atoms with Crippen molar-refractivity contribution in [1.82, 2.24) is 10.6 Å². The van der Waals surface area contributed by atoms with Crippen LogP contribution in [0, 0.1) is 5.82 Å². The van der Waals surface area contributed by atoms with E-state index in [1.807, 2.05) is 20.8 Å². The zero-order valence-electron chi connectivity index (χ0n) is 15.3. The number of nitrogens with one attached hydrogen (secondary N) is 2. The number of hydrogen-bond donors (Lipinski definition) is 2. The topological polar surface area (TPSA) is 53.5 Å². The monoisotopic (exact) mass is 501 g/mol. The fourth-order valence-electron chi connectivity index (χ4n) is 1.79. The lowest BCUT2D eigenvalue weighted by Crippen LogP contribution is -2.40. The number of rotatable bonds is 8. The van der Waals surface area contributed by atoms with Gasteiger partial charge in [-0.15, -0.1) is 35.7 Å². The molecule has 0 spiro atoms. The summed E-state index contributed by atoms with van der Waals surface area (Å²) < 4.78 is 24.6. The molecule has 0 radical (unpaired) electrons. The number of aliphatic imine (C=N–C) groups is 1. The first-order valence-electron chi connectivity index (χ1n) is 8.04. The Morgan fingerprint density at radius 3 is 2.36 bits per heavy atom. The summed E-state index contributed by atoms with van der Waals surface area (Å²) in [5.41, 5.74) is 0. The Balaban J connectivity index is 0.00000576. The normalized spacial score (nSPS) is 13.1. The van der Waals surface area contributed by atoms with Gasteiger partial charge >= 0.3 is 0 Å². The van der Waals surface area contributed by atoms with Crippen LogP contribution in [0.3, 0.4) is 0 Å². The van der Waals surface area contributed by atoms with Crippen molar-refractivity contribution in [1.29, 1.82) is 0 Å². The molecule has 144 valence electrons. The minimum absolute atomic E-state index is 0. The molecule has 0 aliphatic rings. The molecule has 0 fully saturated rings. The summed E-state index contributed by atoms with van der Waals surface area (Å²) in [4.78, 5) is 5.23. The van der Waals surface area contributed by atoms with Crippen molar-refractivity contribution in [3.63, 3.8) is 0 Å². The maximum Gasteiger partial charge on any atom is 0.191 e. The number of guanidine groups is 1. The van der Waals surface area contributed by atoms with E-state index in [0.717, 1.165) is 29.6 Å². The first kappa shape index (κ1) is 24.7. The van der Waals surface area contributed by atoms with Crippen LogP contribution >= 0.6 is 35.7 Å². The molecule has 1 unspecified atom stereocenters. The van der Waals surface area contributed by atoms with Gasteiger partial charge < -0.3 is 10.6 Å². The molecule has 1 aromatic carbocycles. The summed E-state index contributed by atoms with van der Waals surface area (Å²) in [5.74, 6) is 2.07. The average molecular weight is 501 g/mol. The fourth-order valence-corrected chi connectivity index (χ4v) is 3.54. The quantitative estimate of drug-likeness (QED) is 0.188. The lowest BCUT2D eigenvalue weighted by atomic mass is 10.3. The highest BCUT2D eigenvalue weighted by atomic mass is 127. The minimum Gasteiger partial charge on any atom is -0.356 e. The largest absolute Gasteiger partial charge is 0.356 e. The molecule has 4 nitrogen and oxygen atoms in total. The maximum absolute atomic E-state index is 12.8. The van der Waals surface area contributed by atoms with Crippen LogP contribution in [0.25, 0.3) is 0 Å². The molecule has 25 heavy (non-hydrogen) atoms. The number of thioether (sulfide) groups is 1. The van der Waals surface area contributed by atoms with Gasteiger partial charge in [-0.25, -0.2) is 4.39 Å². The molecule has 1 aromatic rings. The van der Waals surface area contributed by atoms with Crippen molar-refractivity contribution in [3.8, 4) is 0 Å². The summed E-state index contributed by atoms with van der Waals surface area (Å²) >= 11 is 1.71. The van der Waals surface area contributed by atoms with Crippen LogP contribution in [0.5, 0.6) is 0 Å². The van der Waals surface area contributed by atoms with Crippen LogP contribution < -0.4 is 10.6 Å². The van der Waals surface area contributed by atoms with Crippen LogP contribution in [0.15, 0.2) is 34.2 Å². The Morgan fingerprint density at radius 2 is 1.80 bits per heavy atom. The van der Waals surface area contributed by atoms with Crippen molar-refractivity contribution in [3.05, 3.63) is 30.1 Å². The van der Waals surface area contributed by atoms with E-state index in [1.165, 1.54) is 12.1 Å². The summed E-state index contributed by atoms with van der Waals surface area (Å²) in [7, 11) is 0.863. The molecule has 0 bridgehead atoms. The van der Waals surface area contributed by atoms with Crippen LogP contribution in [-0.2, 0) is 10.8 Å². The lowest BCUT2D eigenvalue weighted by Gasteiger charge is -2.18. The summed E-state index contributed by atoms with van der Waals surface area (Å²) in [6, 6.07) is 6.55. The van der Waals surface area contributed by atoms with Crippen molar-refractivity contribution < 1.29 is 8.60 Å². The molecule has 0 amide bonds. The Hall–Kier alpha value is -0.350. The van der Waals surface area contributed by atoms with Crippen LogP contribution in [0.2, 0.25) is 0 Å². The molecule has 0 aliphatic carbocycles. The second kappa shape index (κ2) is 12.9. The van der Waals surface area contributed by atoms with Gasteiger partial charge in [-0.1, -0.05) is 0 Å². The van der Waals surface area contributed by atoms with Gasteiger partial charge in [0.05, 0.1) is 0 Å². The van der Waals surface area contributed by atoms with Gasteiger partial charge in [-0.05, 0) is 57.2 Å². The van der Waals surface area contributed by atoms with Gasteiger partial charge in [-0.3, -0.25) is 9.20 Å². The molecule has 1 atom stereocenters. The Morgan fingerprint density at radius 1 is 1.20 bits per heavy atom. The third-order valence-corrected chi connectivity index (χ3v) is 6.22. The molecule has 0 saturated carbocycles. The van der Waals surface area contributed by atoms with Crippen LogP contribution in [0.4, 0.5) is 4.39 Å². The summed E-state index contributed by atoms with van der Waals surface area (Å²) in [5, 5.41) is 6.43. The van der Waals surface area contributed by atoms with Crippen molar-refractivity contribution in [2.75, 3.05) is 31.6 Å². The molecule has 0 heterocycles.